The number of hydrogen-bond donors (Lipinski definition) is 2. The molecule has 0 spiro atoms. The van der Waals surface area contributed by atoms with Crippen molar-refractivity contribution in [2.75, 3.05) is 11.9 Å². The van der Waals surface area contributed by atoms with Crippen molar-refractivity contribution in [2.24, 2.45) is 0 Å². The van der Waals surface area contributed by atoms with E-state index < -0.39 is 0 Å². The zero-order valence-corrected chi connectivity index (χ0v) is 17.5. The Morgan fingerprint density at radius 2 is 2.07 bits per heavy atom. The van der Waals surface area contributed by atoms with Gasteiger partial charge in [0, 0.05) is 23.9 Å². The number of nitrogens with one attached hydrogen (secondary N) is 2. The summed E-state index contributed by atoms with van der Waals surface area (Å²) in [4.78, 5) is 48.7. The van der Waals surface area contributed by atoms with Crippen molar-refractivity contribution < 1.29 is 9.59 Å². The van der Waals surface area contributed by atoms with Gasteiger partial charge in [-0.15, -0.1) is 0 Å². The highest BCUT2D eigenvalue weighted by atomic mass is 32.1. The predicted molar refractivity (Wildman–Crippen MR) is 115 cm³/mol. The van der Waals surface area contributed by atoms with E-state index in [9.17, 15) is 14.4 Å². The van der Waals surface area contributed by atoms with Crippen LogP contribution in [0.15, 0.2) is 35.4 Å². The molecule has 0 saturated heterocycles. The second kappa shape index (κ2) is 8.23. The van der Waals surface area contributed by atoms with Crippen molar-refractivity contribution in [1.29, 1.82) is 0 Å². The van der Waals surface area contributed by atoms with Crippen LogP contribution in [0.5, 0.6) is 0 Å². The Morgan fingerprint density at radius 1 is 1.27 bits per heavy atom. The summed E-state index contributed by atoms with van der Waals surface area (Å²) in [5.74, 6) is -0.153. The van der Waals surface area contributed by atoms with Gasteiger partial charge in [-0.2, -0.15) is 0 Å². The minimum atomic E-state index is -0.299. The van der Waals surface area contributed by atoms with E-state index >= 15 is 0 Å². The van der Waals surface area contributed by atoms with E-state index in [0.717, 1.165) is 10.6 Å². The first-order valence-corrected chi connectivity index (χ1v) is 10.5. The second-order valence-corrected chi connectivity index (χ2v) is 8.49. The lowest BCUT2D eigenvalue weighted by atomic mass is 10.2. The third-order valence-corrected chi connectivity index (χ3v) is 5.76. The standard InChI is InChI=1S/C20H22N6O3S/c1-12(2)22-19(29)24-20-23-15-7-8-25(9-16(15)30-20)17(27)10-26-11-21-14-6-4-3-5-13(14)18(26)28/h3-6,11-12H,7-10H2,1-2H3,(H2,22,23,24,29). The molecule has 30 heavy (non-hydrogen) atoms. The topological polar surface area (TPSA) is 109 Å². The summed E-state index contributed by atoms with van der Waals surface area (Å²) in [6, 6.07) is 6.81. The maximum absolute atomic E-state index is 12.8. The van der Waals surface area contributed by atoms with Crippen LogP contribution < -0.4 is 16.2 Å². The summed E-state index contributed by atoms with van der Waals surface area (Å²) in [5.41, 5.74) is 1.28. The number of hydrogen-bond acceptors (Lipinski definition) is 6. The monoisotopic (exact) mass is 426 g/mol. The summed E-state index contributed by atoms with van der Waals surface area (Å²) >= 11 is 1.37. The lowest BCUT2D eigenvalue weighted by Crippen LogP contribution is -2.39. The number of urea groups is 1. The first kappa shape index (κ1) is 20.0. The zero-order chi connectivity index (χ0) is 21.3. The molecule has 0 bridgehead atoms. The van der Waals surface area contributed by atoms with Crippen molar-refractivity contribution in [3.8, 4) is 0 Å². The van der Waals surface area contributed by atoms with Crippen LogP contribution in [-0.2, 0) is 24.3 Å². The van der Waals surface area contributed by atoms with Crippen molar-refractivity contribution in [3.63, 3.8) is 0 Å². The van der Waals surface area contributed by atoms with Gasteiger partial charge in [0.1, 0.15) is 6.54 Å². The SMILES string of the molecule is CC(C)NC(=O)Nc1nc2c(s1)CN(C(=O)Cn1cnc3ccccc3c1=O)CC2. The molecule has 1 aliphatic heterocycles. The Balaban J connectivity index is 1.44. The van der Waals surface area contributed by atoms with Crippen LogP contribution in [0.2, 0.25) is 0 Å². The number of fused-ring (bicyclic) bond motifs is 2. The Bertz CT molecular complexity index is 1170. The zero-order valence-electron chi connectivity index (χ0n) is 16.7. The lowest BCUT2D eigenvalue weighted by Gasteiger charge is -2.26. The molecule has 0 unspecified atom stereocenters. The third-order valence-electron chi connectivity index (χ3n) is 4.76. The van der Waals surface area contributed by atoms with Gasteiger partial charge in [-0.25, -0.2) is 14.8 Å². The minimum absolute atomic E-state index is 0.0284. The van der Waals surface area contributed by atoms with Crippen molar-refractivity contribution in [2.45, 2.75) is 39.4 Å². The molecule has 0 atom stereocenters. The van der Waals surface area contributed by atoms with Gasteiger partial charge < -0.3 is 10.2 Å². The fourth-order valence-electron chi connectivity index (χ4n) is 3.32. The van der Waals surface area contributed by atoms with E-state index in [1.165, 1.54) is 22.2 Å². The molecule has 0 aliphatic carbocycles. The van der Waals surface area contributed by atoms with Crippen LogP contribution in [0.1, 0.15) is 24.4 Å². The minimum Gasteiger partial charge on any atom is -0.336 e. The molecule has 0 fully saturated rings. The van der Waals surface area contributed by atoms with Gasteiger partial charge in [0.2, 0.25) is 5.91 Å². The average Bonchev–Trinajstić information content (AvgIpc) is 3.10. The molecule has 4 rings (SSSR count). The van der Waals surface area contributed by atoms with Gasteiger partial charge in [-0.05, 0) is 26.0 Å². The molecule has 0 radical (unpaired) electrons. The summed E-state index contributed by atoms with van der Waals surface area (Å²) in [6.07, 6.45) is 2.02. The molecule has 2 aromatic heterocycles. The van der Waals surface area contributed by atoms with Crippen LogP contribution in [0.25, 0.3) is 10.9 Å². The maximum Gasteiger partial charge on any atom is 0.321 e. The maximum atomic E-state index is 12.8. The van der Waals surface area contributed by atoms with Crippen molar-refractivity contribution >= 4 is 39.3 Å². The number of amides is 3. The number of para-hydroxylation sites is 1. The van der Waals surface area contributed by atoms with Gasteiger partial charge in [-0.3, -0.25) is 19.5 Å². The van der Waals surface area contributed by atoms with Gasteiger partial charge in [0.15, 0.2) is 5.13 Å². The fraction of sp³-hybridized carbons (Fsp3) is 0.350. The molecule has 10 heteroatoms. The smallest absolute Gasteiger partial charge is 0.321 e. The molecule has 156 valence electrons. The Labute approximate surface area is 176 Å². The molecule has 9 nitrogen and oxygen atoms in total. The average molecular weight is 427 g/mol. The highest BCUT2D eigenvalue weighted by Gasteiger charge is 2.25. The number of anilines is 1. The number of carbonyl (C=O) groups excluding carboxylic acids is 2. The lowest BCUT2D eigenvalue weighted by molar-refractivity contribution is -0.132. The molecule has 3 amide bonds. The summed E-state index contributed by atoms with van der Waals surface area (Å²) < 4.78 is 1.34. The largest absolute Gasteiger partial charge is 0.336 e. The number of nitrogens with zero attached hydrogens (tertiary/aromatic N) is 4. The highest BCUT2D eigenvalue weighted by Crippen LogP contribution is 2.28. The summed E-state index contributed by atoms with van der Waals surface area (Å²) in [6.45, 7) is 4.63. The van der Waals surface area contributed by atoms with E-state index in [4.69, 9.17) is 0 Å². The Kier molecular flexibility index (Phi) is 5.49. The number of aromatic nitrogens is 3. The third kappa shape index (κ3) is 4.18. The van der Waals surface area contributed by atoms with Crippen LogP contribution in [0.3, 0.4) is 0 Å². The van der Waals surface area contributed by atoms with Gasteiger partial charge in [0.05, 0.1) is 29.5 Å². The van der Waals surface area contributed by atoms with Gasteiger partial charge in [0.25, 0.3) is 5.56 Å². The molecule has 1 aromatic carbocycles. The highest BCUT2D eigenvalue weighted by molar-refractivity contribution is 7.15. The molecule has 3 heterocycles. The van der Waals surface area contributed by atoms with Crippen LogP contribution in [-0.4, -0.2) is 44.0 Å². The van der Waals surface area contributed by atoms with Crippen molar-refractivity contribution in [3.05, 3.63) is 51.5 Å². The molecule has 0 saturated carbocycles. The molecule has 2 N–H and O–H groups in total. The van der Waals surface area contributed by atoms with E-state index in [2.05, 4.69) is 20.6 Å². The quantitative estimate of drug-likeness (QED) is 0.663. The number of rotatable bonds is 4. The predicted octanol–water partition coefficient (Wildman–Crippen LogP) is 1.97. The van der Waals surface area contributed by atoms with E-state index in [1.807, 2.05) is 19.9 Å². The van der Waals surface area contributed by atoms with E-state index in [1.54, 1.807) is 23.1 Å². The first-order chi connectivity index (χ1) is 14.4. The molecular weight excluding hydrogens is 404 g/mol. The Morgan fingerprint density at radius 3 is 2.87 bits per heavy atom. The van der Waals surface area contributed by atoms with E-state index in [0.29, 0.717) is 35.5 Å². The summed E-state index contributed by atoms with van der Waals surface area (Å²) in [7, 11) is 0. The van der Waals surface area contributed by atoms with Gasteiger partial charge >= 0.3 is 6.03 Å². The normalized spacial score (nSPS) is 13.4. The van der Waals surface area contributed by atoms with Crippen LogP contribution in [0, 0.1) is 0 Å². The van der Waals surface area contributed by atoms with Crippen LogP contribution in [0.4, 0.5) is 9.93 Å². The number of thiazole rings is 1. The molecule has 3 aromatic rings. The number of benzene rings is 1. The Hall–Kier alpha value is -3.27. The summed E-state index contributed by atoms with van der Waals surface area (Å²) in [5, 5.41) is 6.50. The second-order valence-electron chi connectivity index (χ2n) is 7.40. The molecule has 1 aliphatic rings. The molecular formula is C20H22N6O3S. The van der Waals surface area contributed by atoms with Gasteiger partial charge in [-0.1, -0.05) is 23.5 Å². The number of carbonyl (C=O) groups is 2. The first-order valence-electron chi connectivity index (χ1n) is 9.69. The van der Waals surface area contributed by atoms with Crippen molar-refractivity contribution in [1.82, 2.24) is 24.8 Å². The van der Waals surface area contributed by atoms with Crippen LogP contribution >= 0.6 is 11.3 Å². The fourth-order valence-corrected chi connectivity index (χ4v) is 4.34. The van der Waals surface area contributed by atoms with E-state index in [-0.39, 0.29) is 30.1 Å².